The van der Waals surface area contributed by atoms with Crippen molar-refractivity contribution < 1.29 is 9.53 Å². The number of rotatable bonds is 6. The van der Waals surface area contributed by atoms with E-state index in [-0.39, 0.29) is 18.2 Å². The van der Waals surface area contributed by atoms with Gasteiger partial charge in [0, 0.05) is 11.6 Å². The zero-order valence-electron chi connectivity index (χ0n) is 16.3. The van der Waals surface area contributed by atoms with Gasteiger partial charge in [0.2, 0.25) is 5.88 Å². The van der Waals surface area contributed by atoms with Crippen molar-refractivity contribution in [2.75, 3.05) is 13.2 Å². The molecule has 5 rings (SSSR count). The van der Waals surface area contributed by atoms with Gasteiger partial charge in [0.05, 0.1) is 23.8 Å². The highest BCUT2D eigenvalue weighted by Crippen LogP contribution is 2.18. The third-order valence-corrected chi connectivity index (χ3v) is 4.59. The highest BCUT2D eigenvalue weighted by atomic mass is 16.5. The predicted molar refractivity (Wildman–Crippen MR) is 114 cm³/mol. The smallest absolute Gasteiger partial charge is 0.271 e. The number of benzene rings is 2. The van der Waals surface area contributed by atoms with Gasteiger partial charge in [-0.2, -0.15) is 4.52 Å². The van der Waals surface area contributed by atoms with E-state index in [0.29, 0.717) is 29.4 Å². The first-order chi connectivity index (χ1) is 15.3. The Labute approximate surface area is 176 Å². The van der Waals surface area contributed by atoms with Gasteiger partial charge in [-0.05, 0) is 18.2 Å². The van der Waals surface area contributed by atoms with E-state index >= 15 is 0 Å². The number of carbonyl (C=O) groups excluding carboxylic acids is 1. The maximum atomic E-state index is 12.3. The van der Waals surface area contributed by atoms with Crippen LogP contribution in [0.3, 0.4) is 0 Å². The number of amides is 1. The van der Waals surface area contributed by atoms with Gasteiger partial charge in [-0.15, -0.1) is 15.3 Å². The number of para-hydroxylation sites is 2. The van der Waals surface area contributed by atoms with Crippen LogP contribution in [0.15, 0.2) is 72.9 Å². The Kier molecular flexibility index (Phi) is 4.89. The van der Waals surface area contributed by atoms with Crippen molar-refractivity contribution in [1.82, 2.24) is 35.1 Å². The predicted octanol–water partition coefficient (Wildman–Crippen LogP) is 2.54. The second-order valence-corrected chi connectivity index (χ2v) is 6.68. The molecule has 5 aromatic rings. The van der Waals surface area contributed by atoms with Crippen LogP contribution in [0.5, 0.6) is 5.88 Å². The monoisotopic (exact) mass is 411 g/mol. The van der Waals surface area contributed by atoms with E-state index in [1.165, 1.54) is 6.20 Å². The van der Waals surface area contributed by atoms with Crippen LogP contribution in [0.4, 0.5) is 0 Å². The second kappa shape index (κ2) is 8.15. The molecule has 0 aliphatic heterocycles. The normalized spacial score (nSPS) is 11.0. The summed E-state index contributed by atoms with van der Waals surface area (Å²) in [6, 6.07) is 20.6. The van der Waals surface area contributed by atoms with E-state index in [1.807, 2.05) is 54.6 Å². The first kappa shape index (κ1) is 18.6. The fourth-order valence-corrected chi connectivity index (χ4v) is 3.09. The highest BCUT2D eigenvalue weighted by Gasteiger charge is 2.11. The van der Waals surface area contributed by atoms with Crippen molar-refractivity contribution in [3.63, 3.8) is 0 Å². The van der Waals surface area contributed by atoms with Gasteiger partial charge < -0.3 is 10.1 Å². The highest BCUT2D eigenvalue weighted by molar-refractivity contribution is 5.93. The third kappa shape index (κ3) is 3.88. The van der Waals surface area contributed by atoms with Gasteiger partial charge in [0.25, 0.3) is 5.91 Å². The number of nitrogens with zero attached hydrogens (tertiary/aromatic N) is 6. The summed E-state index contributed by atoms with van der Waals surface area (Å²) in [5.74, 6) is 0.726. The fourth-order valence-electron chi connectivity index (χ4n) is 3.09. The average Bonchev–Trinajstić information content (AvgIpc) is 3.25. The molecule has 2 aromatic carbocycles. The molecule has 0 unspecified atom stereocenters. The molecule has 0 fully saturated rings. The van der Waals surface area contributed by atoms with Crippen LogP contribution in [-0.4, -0.2) is 48.8 Å². The Morgan fingerprint density at radius 3 is 2.61 bits per heavy atom. The molecule has 31 heavy (non-hydrogen) atoms. The van der Waals surface area contributed by atoms with Gasteiger partial charge >= 0.3 is 0 Å². The summed E-state index contributed by atoms with van der Waals surface area (Å²) in [7, 11) is 0. The molecule has 9 heteroatoms. The largest absolute Gasteiger partial charge is 0.475 e. The standard InChI is InChI=1S/C22H17N7O2/c30-22(18-14-24-16-8-4-5-9-17(16)25-18)23-12-13-31-20-11-10-19-26-27-21(29(19)28-20)15-6-2-1-3-7-15/h1-11,14H,12-13H2,(H,23,30). The minimum Gasteiger partial charge on any atom is -0.475 e. The number of aromatic nitrogens is 6. The van der Waals surface area contributed by atoms with Gasteiger partial charge in [-0.1, -0.05) is 42.5 Å². The van der Waals surface area contributed by atoms with Crippen molar-refractivity contribution in [3.05, 3.63) is 78.6 Å². The van der Waals surface area contributed by atoms with E-state index in [9.17, 15) is 4.79 Å². The fraction of sp³-hybridized carbons (Fsp3) is 0.0909. The number of carbonyl (C=O) groups is 1. The minimum absolute atomic E-state index is 0.244. The topological polar surface area (TPSA) is 107 Å². The van der Waals surface area contributed by atoms with Crippen molar-refractivity contribution in [2.24, 2.45) is 0 Å². The molecule has 0 aliphatic rings. The minimum atomic E-state index is -0.310. The van der Waals surface area contributed by atoms with Gasteiger partial charge in [0.1, 0.15) is 12.3 Å². The maximum Gasteiger partial charge on any atom is 0.271 e. The molecule has 0 atom stereocenters. The summed E-state index contributed by atoms with van der Waals surface area (Å²) in [5.41, 5.74) is 3.20. The number of hydrogen-bond acceptors (Lipinski definition) is 7. The summed E-state index contributed by atoms with van der Waals surface area (Å²) >= 11 is 0. The molecule has 1 amide bonds. The lowest BCUT2D eigenvalue weighted by Crippen LogP contribution is -2.29. The van der Waals surface area contributed by atoms with E-state index < -0.39 is 0 Å². The van der Waals surface area contributed by atoms with Crippen LogP contribution in [0.2, 0.25) is 0 Å². The first-order valence-corrected chi connectivity index (χ1v) is 9.68. The zero-order valence-corrected chi connectivity index (χ0v) is 16.3. The van der Waals surface area contributed by atoms with E-state index in [0.717, 1.165) is 11.1 Å². The molecule has 152 valence electrons. The lowest BCUT2D eigenvalue weighted by molar-refractivity contribution is 0.0941. The Morgan fingerprint density at radius 1 is 0.935 bits per heavy atom. The van der Waals surface area contributed by atoms with Crippen molar-refractivity contribution in [2.45, 2.75) is 0 Å². The summed E-state index contributed by atoms with van der Waals surface area (Å²) < 4.78 is 7.33. The number of hydrogen-bond donors (Lipinski definition) is 1. The zero-order chi connectivity index (χ0) is 21.0. The summed E-state index contributed by atoms with van der Waals surface area (Å²) in [6.45, 7) is 0.537. The van der Waals surface area contributed by atoms with Crippen LogP contribution in [0.25, 0.3) is 28.1 Å². The van der Waals surface area contributed by atoms with E-state index in [4.69, 9.17) is 4.74 Å². The maximum absolute atomic E-state index is 12.3. The number of nitrogens with one attached hydrogen (secondary N) is 1. The molecule has 0 saturated heterocycles. The molecule has 3 aromatic heterocycles. The van der Waals surface area contributed by atoms with Crippen molar-refractivity contribution >= 4 is 22.6 Å². The molecule has 0 radical (unpaired) electrons. The number of ether oxygens (including phenoxy) is 1. The molecule has 9 nitrogen and oxygen atoms in total. The molecule has 1 N–H and O–H groups in total. The quantitative estimate of drug-likeness (QED) is 0.428. The van der Waals surface area contributed by atoms with E-state index in [1.54, 1.807) is 16.6 Å². The Balaban J connectivity index is 1.22. The summed E-state index contributed by atoms with van der Waals surface area (Å²) in [6.07, 6.45) is 1.46. The van der Waals surface area contributed by atoms with Crippen molar-refractivity contribution in [1.29, 1.82) is 0 Å². The van der Waals surface area contributed by atoms with Gasteiger partial charge in [-0.3, -0.25) is 9.78 Å². The van der Waals surface area contributed by atoms with Gasteiger partial charge in [-0.25, -0.2) is 4.98 Å². The van der Waals surface area contributed by atoms with Crippen LogP contribution >= 0.6 is 0 Å². The Bertz CT molecular complexity index is 1370. The summed E-state index contributed by atoms with van der Waals surface area (Å²) in [4.78, 5) is 20.9. The third-order valence-electron chi connectivity index (χ3n) is 4.59. The lowest BCUT2D eigenvalue weighted by atomic mass is 10.2. The molecule has 0 spiro atoms. The Morgan fingerprint density at radius 2 is 1.74 bits per heavy atom. The molecule has 3 heterocycles. The van der Waals surface area contributed by atoms with Crippen LogP contribution < -0.4 is 10.1 Å². The van der Waals surface area contributed by atoms with E-state index in [2.05, 4.69) is 30.6 Å². The molecule has 0 saturated carbocycles. The van der Waals surface area contributed by atoms with Crippen LogP contribution in [0, 0.1) is 0 Å². The Hall–Kier alpha value is -4.40. The van der Waals surface area contributed by atoms with Crippen LogP contribution in [-0.2, 0) is 0 Å². The second-order valence-electron chi connectivity index (χ2n) is 6.68. The van der Waals surface area contributed by atoms with Gasteiger partial charge in [0.15, 0.2) is 11.5 Å². The first-order valence-electron chi connectivity index (χ1n) is 9.68. The van der Waals surface area contributed by atoms with Crippen molar-refractivity contribution in [3.8, 4) is 17.3 Å². The molecule has 0 bridgehead atoms. The summed E-state index contributed by atoms with van der Waals surface area (Å²) in [5, 5.41) is 15.6. The molecule has 0 aliphatic carbocycles. The lowest BCUT2D eigenvalue weighted by Gasteiger charge is -2.08. The van der Waals surface area contributed by atoms with Crippen LogP contribution in [0.1, 0.15) is 10.5 Å². The molecular weight excluding hydrogens is 394 g/mol. The molecular formula is C22H17N7O2. The average molecular weight is 411 g/mol. The number of fused-ring (bicyclic) bond motifs is 2. The SMILES string of the molecule is O=C(NCCOc1ccc2nnc(-c3ccccc3)n2n1)c1cnc2ccccc2n1.